The van der Waals surface area contributed by atoms with Crippen LogP contribution in [0, 0.1) is 11.8 Å². The predicted molar refractivity (Wildman–Crippen MR) is 143 cm³/mol. The summed E-state index contributed by atoms with van der Waals surface area (Å²) >= 11 is 0. The van der Waals surface area contributed by atoms with E-state index in [1.807, 2.05) is 39.8 Å². The molecule has 0 fully saturated rings. The van der Waals surface area contributed by atoms with Crippen molar-refractivity contribution >= 4 is 39.2 Å². The van der Waals surface area contributed by atoms with Crippen molar-refractivity contribution in [3.8, 4) is 0 Å². The summed E-state index contributed by atoms with van der Waals surface area (Å²) in [5.41, 5.74) is 6.12. The lowest BCUT2D eigenvalue weighted by Crippen LogP contribution is -2.44. The van der Waals surface area contributed by atoms with Crippen LogP contribution in [0.4, 0.5) is 11.5 Å². The van der Waals surface area contributed by atoms with Crippen LogP contribution in [-0.2, 0) is 17.9 Å². The van der Waals surface area contributed by atoms with E-state index in [4.69, 9.17) is 5.73 Å². The predicted octanol–water partition coefficient (Wildman–Crippen LogP) is 2.93. The maximum Gasteiger partial charge on any atom is 0.330 e. The third-order valence-electron chi connectivity index (χ3n) is 6.05. The normalized spacial score (nSPS) is 11.6. The number of nitrogens with two attached hydrogens (primary N) is 1. The fourth-order valence-electron chi connectivity index (χ4n) is 4.54. The zero-order valence-electron chi connectivity index (χ0n) is 20.9. The molecule has 2 aromatic carbocycles. The molecule has 0 saturated heterocycles. The van der Waals surface area contributed by atoms with Gasteiger partial charge in [0.25, 0.3) is 5.56 Å². The van der Waals surface area contributed by atoms with Crippen LogP contribution in [-0.4, -0.2) is 26.6 Å². The molecule has 0 aliphatic heterocycles. The lowest BCUT2D eigenvalue weighted by molar-refractivity contribution is -0.119. The number of aromatic nitrogens is 3. The van der Waals surface area contributed by atoms with Gasteiger partial charge in [0.1, 0.15) is 12.4 Å². The molecule has 4 aromatic rings. The largest absolute Gasteiger partial charge is 0.383 e. The van der Waals surface area contributed by atoms with Crippen molar-refractivity contribution in [2.75, 3.05) is 17.2 Å². The number of hydrogen-bond acceptors (Lipinski definition) is 5. The quantitative estimate of drug-likeness (QED) is 0.387. The van der Waals surface area contributed by atoms with Gasteiger partial charge >= 0.3 is 5.69 Å². The molecule has 0 unspecified atom stereocenters. The molecule has 188 valence electrons. The Labute approximate surface area is 207 Å². The van der Waals surface area contributed by atoms with E-state index in [2.05, 4.69) is 4.98 Å². The number of carbonyl (C=O) groups is 1. The molecule has 0 aliphatic carbocycles. The number of para-hydroxylation sites is 2. The van der Waals surface area contributed by atoms with Crippen LogP contribution in [0.5, 0.6) is 0 Å². The zero-order valence-corrected chi connectivity index (χ0v) is 20.9. The lowest BCUT2D eigenvalue weighted by Gasteiger charge is -2.27. The number of nitrogens with zero attached hydrogens (tertiary/aromatic N) is 3. The second-order valence-electron chi connectivity index (χ2n) is 9.85. The smallest absolute Gasteiger partial charge is 0.330 e. The van der Waals surface area contributed by atoms with Crippen LogP contribution in [0.3, 0.4) is 0 Å². The van der Waals surface area contributed by atoms with Crippen LogP contribution in [0.2, 0.25) is 0 Å². The highest BCUT2D eigenvalue weighted by molar-refractivity contribution is 5.99. The summed E-state index contributed by atoms with van der Waals surface area (Å²) in [6.07, 6.45) is 0. The van der Waals surface area contributed by atoms with Gasteiger partial charge in [-0.25, -0.2) is 4.79 Å². The minimum Gasteiger partial charge on any atom is -0.383 e. The van der Waals surface area contributed by atoms with E-state index in [1.54, 1.807) is 41.0 Å². The van der Waals surface area contributed by atoms with Gasteiger partial charge in [0.05, 0.1) is 11.0 Å². The summed E-state index contributed by atoms with van der Waals surface area (Å²) < 4.78 is 3.09. The maximum absolute atomic E-state index is 13.9. The van der Waals surface area contributed by atoms with Crippen molar-refractivity contribution in [1.29, 1.82) is 0 Å². The minimum atomic E-state index is -0.707. The van der Waals surface area contributed by atoms with Gasteiger partial charge in [0, 0.05) is 23.9 Å². The molecule has 0 atom stereocenters. The van der Waals surface area contributed by atoms with E-state index in [0.717, 1.165) is 0 Å². The van der Waals surface area contributed by atoms with Crippen molar-refractivity contribution < 1.29 is 4.79 Å². The number of nitrogen functional groups attached to an aromatic ring is 1. The van der Waals surface area contributed by atoms with Gasteiger partial charge in [-0.2, -0.15) is 0 Å². The molecule has 9 heteroatoms. The molecule has 1 amide bonds. The summed E-state index contributed by atoms with van der Waals surface area (Å²) in [5, 5.41) is 1.00. The molecule has 2 aromatic heterocycles. The van der Waals surface area contributed by atoms with Crippen LogP contribution >= 0.6 is 0 Å². The van der Waals surface area contributed by atoms with Crippen LogP contribution in [0.25, 0.3) is 21.8 Å². The fourth-order valence-corrected chi connectivity index (χ4v) is 4.54. The van der Waals surface area contributed by atoms with Crippen molar-refractivity contribution in [3.05, 3.63) is 79.6 Å². The zero-order chi connectivity index (χ0) is 26.1. The first-order valence-corrected chi connectivity index (χ1v) is 12.0. The third kappa shape index (κ3) is 4.56. The number of hydrogen-bond donors (Lipinski definition) is 2. The first-order valence-electron chi connectivity index (χ1n) is 12.0. The molecule has 4 rings (SSSR count). The van der Waals surface area contributed by atoms with E-state index in [0.29, 0.717) is 28.4 Å². The van der Waals surface area contributed by atoms with Crippen LogP contribution in [0.1, 0.15) is 27.7 Å². The first-order chi connectivity index (χ1) is 17.1. The van der Waals surface area contributed by atoms with Crippen molar-refractivity contribution in [2.24, 2.45) is 11.8 Å². The number of H-pyrrole nitrogens is 1. The number of pyridine rings is 1. The summed E-state index contributed by atoms with van der Waals surface area (Å²) in [5.74, 6) is -0.312. The third-order valence-corrected chi connectivity index (χ3v) is 6.05. The molecule has 0 aliphatic rings. The minimum absolute atomic E-state index is 0.0146. The average Bonchev–Trinajstić information content (AvgIpc) is 2.83. The molecule has 0 bridgehead atoms. The van der Waals surface area contributed by atoms with Crippen LogP contribution < -0.4 is 27.3 Å². The topological polar surface area (TPSA) is 123 Å². The van der Waals surface area contributed by atoms with E-state index < -0.39 is 11.2 Å². The fraction of sp³-hybridized carbons (Fsp3) is 0.333. The van der Waals surface area contributed by atoms with Gasteiger partial charge in [-0.1, -0.05) is 52.0 Å². The number of fused-ring (bicyclic) bond motifs is 2. The number of benzene rings is 2. The summed E-state index contributed by atoms with van der Waals surface area (Å²) in [7, 11) is 0. The number of rotatable bonds is 7. The van der Waals surface area contributed by atoms with Crippen molar-refractivity contribution in [1.82, 2.24) is 14.1 Å². The molecule has 0 radical (unpaired) electrons. The maximum atomic E-state index is 13.9. The highest BCUT2D eigenvalue weighted by Crippen LogP contribution is 2.23. The molecule has 9 nitrogen and oxygen atoms in total. The van der Waals surface area contributed by atoms with E-state index in [-0.39, 0.29) is 47.8 Å². The number of amides is 1. The monoisotopic (exact) mass is 489 g/mol. The molecule has 0 spiro atoms. The molecular formula is C27H31N5O4. The van der Waals surface area contributed by atoms with E-state index in [1.165, 1.54) is 9.47 Å². The number of nitrogens with one attached hydrogen (secondary N) is 1. The van der Waals surface area contributed by atoms with Crippen LogP contribution in [0.15, 0.2) is 62.9 Å². The standard InChI is InChI=1S/C27H31N5O4/c1-16(2)13-31(23-25(28)32(14-17(3)4)27(36)29-26(23)35)22(33)15-30-20-11-7-5-9-18(20)24(34)19-10-6-8-12-21(19)30/h5-12,16-17H,13-15,28H2,1-4H3,(H,29,35,36). The Bertz CT molecular complexity index is 1570. The van der Waals surface area contributed by atoms with Gasteiger partial charge in [-0.15, -0.1) is 0 Å². The number of anilines is 2. The summed E-state index contributed by atoms with van der Waals surface area (Å²) in [6, 6.07) is 14.3. The number of aromatic amines is 1. The Morgan fingerprint density at radius 2 is 1.44 bits per heavy atom. The Balaban J connectivity index is 1.90. The van der Waals surface area contributed by atoms with Crippen molar-refractivity contribution in [3.63, 3.8) is 0 Å². The lowest BCUT2D eigenvalue weighted by atomic mass is 10.1. The Hall–Kier alpha value is -4.14. The first kappa shape index (κ1) is 25.0. The Morgan fingerprint density at radius 3 is 1.97 bits per heavy atom. The second kappa shape index (κ2) is 9.85. The average molecular weight is 490 g/mol. The SMILES string of the molecule is CC(C)CN(C(=O)Cn1c2ccccc2c(=O)c2ccccc21)c1c(N)n(CC(C)C)c(=O)[nH]c1=O. The Kier molecular flexibility index (Phi) is 6.83. The molecule has 36 heavy (non-hydrogen) atoms. The van der Waals surface area contributed by atoms with Gasteiger partial charge in [0.2, 0.25) is 5.91 Å². The highest BCUT2D eigenvalue weighted by Gasteiger charge is 2.26. The van der Waals surface area contributed by atoms with Gasteiger partial charge < -0.3 is 15.2 Å². The number of carbonyl (C=O) groups excluding carboxylic acids is 1. The van der Waals surface area contributed by atoms with Gasteiger partial charge in [0.15, 0.2) is 11.1 Å². The van der Waals surface area contributed by atoms with E-state index in [9.17, 15) is 19.2 Å². The molecule has 3 N–H and O–H groups in total. The molecule has 0 saturated carbocycles. The van der Waals surface area contributed by atoms with Gasteiger partial charge in [-0.05, 0) is 36.1 Å². The summed E-state index contributed by atoms with van der Waals surface area (Å²) in [6.45, 7) is 8.11. The summed E-state index contributed by atoms with van der Waals surface area (Å²) in [4.78, 5) is 56.1. The molecular weight excluding hydrogens is 458 g/mol. The Morgan fingerprint density at radius 1 is 0.889 bits per heavy atom. The second-order valence-corrected chi connectivity index (χ2v) is 9.85. The van der Waals surface area contributed by atoms with Crippen molar-refractivity contribution in [2.45, 2.75) is 40.8 Å². The van der Waals surface area contributed by atoms with Gasteiger partial charge in [-0.3, -0.25) is 23.9 Å². The van der Waals surface area contributed by atoms with E-state index >= 15 is 0 Å². The molecule has 2 heterocycles. The highest BCUT2D eigenvalue weighted by atomic mass is 16.2.